The van der Waals surface area contributed by atoms with Crippen LogP contribution in [0.5, 0.6) is 0 Å². The Morgan fingerprint density at radius 2 is 1.73 bits per heavy atom. The van der Waals surface area contributed by atoms with Crippen LogP contribution in [0.4, 0.5) is 4.79 Å². The average molecular weight is 405 g/mol. The first-order valence-corrected chi connectivity index (χ1v) is 9.77. The van der Waals surface area contributed by atoms with Crippen LogP contribution in [-0.2, 0) is 16.6 Å². The Balaban J connectivity index is 1.49. The molecular weight excluding hydrogens is 382 g/mol. The number of nitrogens with zero attached hydrogens (tertiary/aromatic N) is 2. The van der Waals surface area contributed by atoms with Crippen molar-refractivity contribution < 1.29 is 19.4 Å². The van der Waals surface area contributed by atoms with E-state index in [0.717, 1.165) is 22.3 Å². The monoisotopic (exact) mass is 405 g/mol. The topological polar surface area (TPSA) is 93.5 Å². The number of aryl methyl sites for hydroxylation is 2. The molecule has 7 nitrogen and oxygen atoms in total. The van der Waals surface area contributed by atoms with Crippen molar-refractivity contribution in [1.82, 2.24) is 15.1 Å². The molecule has 1 aliphatic rings. The molecule has 0 aliphatic heterocycles. The Bertz CT molecular complexity index is 1060. The molecule has 154 valence electrons. The summed E-state index contributed by atoms with van der Waals surface area (Å²) in [6.07, 6.45) is 0.815. The zero-order valence-electron chi connectivity index (χ0n) is 16.8. The first-order chi connectivity index (χ1) is 14.4. The van der Waals surface area contributed by atoms with Crippen molar-refractivity contribution in [2.45, 2.75) is 25.3 Å². The number of aromatic nitrogens is 2. The fraction of sp³-hybridized carbons (Fsp3) is 0.261. The van der Waals surface area contributed by atoms with Gasteiger partial charge >= 0.3 is 12.1 Å². The van der Waals surface area contributed by atoms with Crippen LogP contribution in [0.3, 0.4) is 0 Å². The van der Waals surface area contributed by atoms with Gasteiger partial charge in [-0.1, -0.05) is 48.5 Å². The summed E-state index contributed by atoms with van der Waals surface area (Å²) in [7, 11) is 1.75. The molecular formula is C23H23N3O4. The molecule has 1 atom stereocenters. The van der Waals surface area contributed by atoms with Gasteiger partial charge < -0.3 is 15.2 Å². The molecule has 0 fully saturated rings. The number of nitrogens with one attached hydrogen (secondary N) is 1. The van der Waals surface area contributed by atoms with E-state index < -0.39 is 18.1 Å². The number of aliphatic carboxylic acids is 1. The van der Waals surface area contributed by atoms with Crippen molar-refractivity contribution in [3.05, 3.63) is 77.1 Å². The van der Waals surface area contributed by atoms with E-state index in [4.69, 9.17) is 4.74 Å². The van der Waals surface area contributed by atoms with Crippen molar-refractivity contribution in [2.24, 2.45) is 7.05 Å². The SMILES string of the molecule is Cc1nn(C)cc1[C@H](CC(=O)O)NC(=O)OCC1c2ccccc2-c2ccccc21. The molecule has 0 radical (unpaired) electrons. The van der Waals surface area contributed by atoms with E-state index in [0.29, 0.717) is 11.3 Å². The summed E-state index contributed by atoms with van der Waals surface area (Å²) in [5.74, 6) is -1.07. The molecule has 4 rings (SSSR count). The Labute approximate surface area is 174 Å². The number of rotatable bonds is 6. The molecule has 1 aliphatic carbocycles. The molecule has 7 heteroatoms. The fourth-order valence-corrected chi connectivity index (χ4v) is 4.16. The lowest BCUT2D eigenvalue weighted by molar-refractivity contribution is -0.137. The van der Waals surface area contributed by atoms with Crippen molar-refractivity contribution in [3.8, 4) is 11.1 Å². The summed E-state index contributed by atoms with van der Waals surface area (Å²) in [4.78, 5) is 23.9. The minimum absolute atomic E-state index is 0.0544. The smallest absolute Gasteiger partial charge is 0.407 e. The molecule has 0 saturated heterocycles. The number of hydrogen-bond donors (Lipinski definition) is 2. The number of fused-ring (bicyclic) bond motifs is 3. The number of ether oxygens (including phenoxy) is 1. The lowest BCUT2D eigenvalue weighted by atomic mass is 9.98. The highest BCUT2D eigenvalue weighted by Gasteiger charge is 2.29. The molecule has 3 aromatic rings. The van der Waals surface area contributed by atoms with Gasteiger partial charge in [0, 0.05) is 24.7 Å². The van der Waals surface area contributed by atoms with E-state index >= 15 is 0 Å². The Hall–Kier alpha value is -3.61. The summed E-state index contributed by atoms with van der Waals surface area (Å²) < 4.78 is 7.15. The zero-order valence-corrected chi connectivity index (χ0v) is 16.8. The highest BCUT2D eigenvalue weighted by Crippen LogP contribution is 2.44. The van der Waals surface area contributed by atoms with Gasteiger partial charge in [0.05, 0.1) is 18.2 Å². The Kier molecular flexibility index (Phi) is 5.27. The summed E-state index contributed by atoms with van der Waals surface area (Å²) in [6, 6.07) is 15.5. The summed E-state index contributed by atoms with van der Waals surface area (Å²) in [5, 5.41) is 16.2. The number of hydrogen-bond acceptors (Lipinski definition) is 4. The molecule has 0 spiro atoms. The third kappa shape index (κ3) is 3.78. The molecule has 1 aromatic heterocycles. The maximum atomic E-state index is 12.6. The zero-order chi connectivity index (χ0) is 21.3. The Morgan fingerprint density at radius 1 is 1.13 bits per heavy atom. The second-order valence-corrected chi connectivity index (χ2v) is 7.46. The van der Waals surface area contributed by atoms with Gasteiger partial charge in [0.25, 0.3) is 0 Å². The lowest BCUT2D eigenvalue weighted by Gasteiger charge is -2.18. The number of alkyl carbamates (subject to hydrolysis) is 1. The van der Waals surface area contributed by atoms with Crippen LogP contribution in [-0.4, -0.2) is 33.6 Å². The van der Waals surface area contributed by atoms with Gasteiger partial charge in [-0.2, -0.15) is 5.10 Å². The molecule has 1 heterocycles. The summed E-state index contributed by atoms with van der Waals surface area (Å²) in [5.41, 5.74) is 5.87. The number of carbonyl (C=O) groups excluding carboxylic acids is 1. The van der Waals surface area contributed by atoms with E-state index in [1.54, 1.807) is 24.9 Å². The number of carboxylic acid groups (broad SMARTS) is 1. The van der Waals surface area contributed by atoms with Crippen molar-refractivity contribution in [3.63, 3.8) is 0 Å². The van der Waals surface area contributed by atoms with Gasteiger partial charge in [0.1, 0.15) is 6.61 Å². The van der Waals surface area contributed by atoms with Crippen LogP contribution in [0.2, 0.25) is 0 Å². The first kappa shape index (κ1) is 19.7. The predicted octanol–water partition coefficient (Wildman–Crippen LogP) is 3.78. The second-order valence-electron chi connectivity index (χ2n) is 7.46. The largest absolute Gasteiger partial charge is 0.481 e. The standard InChI is InChI=1S/C23H23N3O4/c1-14-19(12-26(2)25-14)21(11-22(27)28)24-23(29)30-13-20-17-9-5-3-7-15(17)16-8-4-6-10-18(16)20/h3-10,12,20-21H,11,13H2,1-2H3,(H,24,29)(H,27,28)/t21-/m0/s1. The van der Waals surface area contributed by atoms with Crippen molar-refractivity contribution >= 4 is 12.1 Å². The molecule has 2 aromatic carbocycles. The summed E-state index contributed by atoms with van der Waals surface area (Å²) >= 11 is 0. The van der Waals surface area contributed by atoms with E-state index in [1.165, 1.54) is 0 Å². The van der Waals surface area contributed by atoms with E-state index in [-0.39, 0.29) is 18.9 Å². The van der Waals surface area contributed by atoms with Gasteiger partial charge in [-0.3, -0.25) is 9.48 Å². The normalized spacial score (nSPS) is 13.4. The maximum absolute atomic E-state index is 12.6. The van der Waals surface area contributed by atoms with Gasteiger partial charge in [0.15, 0.2) is 0 Å². The average Bonchev–Trinajstić information content (AvgIpc) is 3.22. The van der Waals surface area contributed by atoms with Gasteiger partial charge in [-0.15, -0.1) is 0 Å². The molecule has 0 saturated carbocycles. The highest BCUT2D eigenvalue weighted by atomic mass is 16.5. The number of carboxylic acids is 1. The third-order valence-electron chi connectivity index (χ3n) is 5.44. The van der Waals surface area contributed by atoms with Crippen LogP contribution < -0.4 is 5.32 Å². The minimum Gasteiger partial charge on any atom is -0.481 e. The van der Waals surface area contributed by atoms with Crippen molar-refractivity contribution in [1.29, 1.82) is 0 Å². The predicted molar refractivity (Wildman–Crippen MR) is 111 cm³/mol. The quantitative estimate of drug-likeness (QED) is 0.651. The van der Waals surface area contributed by atoms with E-state index in [9.17, 15) is 14.7 Å². The number of amides is 1. The van der Waals surface area contributed by atoms with Crippen LogP contribution in [0.1, 0.15) is 40.8 Å². The van der Waals surface area contributed by atoms with Crippen LogP contribution in [0.25, 0.3) is 11.1 Å². The maximum Gasteiger partial charge on any atom is 0.407 e. The highest BCUT2D eigenvalue weighted by molar-refractivity contribution is 5.79. The van der Waals surface area contributed by atoms with Crippen molar-refractivity contribution in [2.75, 3.05) is 6.61 Å². The van der Waals surface area contributed by atoms with Crippen LogP contribution in [0.15, 0.2) is 54.7 Å². The fourth-order valence-electron chi connectivity index (χ4n) is 4.16. The van der Waals surface area contributed by atoms with Crippen LogP contribution >= 0.6 is 0 Å². The van der Waals surface area contributed by atoms with E-state index in [2.05, 4.69) is 22.5 Å². The van der Waals surface area contributed by atoms with Gasteiger partial charge in [-0.25, -0.2) is 4.79 Å². The molecule has 0 bridgehead atoms. The molecule has 0 unspecified atom stereocenters. The molecule has 1 amide bonds. The van der Waals surface area contributed by atoms with E-state index in [1.807, 2.05) is 36.4 Å². The molecule has 2 N–H and O–H groups in total. The lowest BCUT2D eigenvalue weighted by Crippen LogP contribution is -2.32. The minimum atomic E-state index is -1.01. The van der Waals surface area contributed by atoms with Crippen LogP contribution in [0, 0.1) is 6.92 Å². The molecule has 30 heavy (non-hydrogen) atoms. The number of benzene rings is 2. The Morgan fingerprint density at radius 3 is 2.27 bits per heavy atom. The summed E-state index contributed by atoms with van der Waals surface area (Å²) in [6.45, 7) is 1.95. The second kappa shape index (κ2) is 8.02. The third-order valence-corrected chi connectivity index (χ3v) is 5.44. The first-order valence-electron chi connectivity index (χ1n) is 9.77. The van der Waals surface area contributed by atoms with Gasteiger partial charge in [0.2, 0.25) is 0 Å². The number of carbonyl (C=O) groups is 2. The van der Waals surface area contributed by atoms with Gasteiger partial charge in [-0.05, 0) is 29.2 Å².